The number of aromatic nitrogens is 6. The number of pyridine rings is 1. The Morgan fingerprint density at radius 1 is 1.05 bits per heavy atom. The van der Waals surface area contributed by atoms with Crippen molar-refractivity contribution in [3.05, 3.63) is 86.5 Å². The Labute approximate surface area is 247 Å². The van der Waals surface area contributed by atoms with E-state index in [-0.39, 0.29) is 45.4 Å². The van der Waals surface area contributed by atoms with Crippen LogP contribution in [0, 0.1) is 6.92 Å². The van der Waals surface area contributed by atoms with Gasteiger partial charge in [0.1, 0.15) is 5.69 Å². The van der Waals surface area contributed by atoms with Crippen molar-refractivity contribution in [3.8, 4) is 5.82 Å². The van der Waals surface area contributed by atoms with Crippen molar-refractivity contribution in [2.24, 2.45) is 0 Å². The van der Waals surface area contributed by atoms with Crippen LogP contribution >= 0.6 is 23.2 Å². The number of carbonyl (C=O) groups excluding carboxylic acids is 2. The number of alkyl halides is 7. The molecule has 18 heteroatoms. The van der Waals surface area contributed by atoms with Gasteiger partial charge in [0.05, 0.1) is 23.5 Å². The van der Waals surface area contributed by atoms with Crippen molar-refractivity contribution in [2.45, 2.75) is 37.9 Å². The molecule has 0 atom stereocenters. The van der Waals surface area contributed by atoms with Crippen molar-refractivity contribution in [2.75, 3.05) is 7.05 Å². The molecular weight excluding hydrogens is 634 g/mol. The lowest BCUT2D eigenvalue weighted by atomic mass is 9.95. The van der Waals surface area contributed by atoms with Crippen LogP contribution in [0.4, 0.5) is 30.7 Å². The van der Waals surface area contributed by atoms with Crippen LogP contribution in [0.5, 0.6) is 0 Å². The number of hydrogen-bond donors (Lipinski definition) is 1. The summed E-state index contributed by atoms with van der Waals surface area (Å²) in [5.74, 6) is -13.3. The molecule has 0 saturated heterocycles. The quantitative estimate of drug-likeness (QED) is 0.187. The average Bonchev–Trinajstić information content (AvgIpc) is 3.57. The zero-order valence-electron chi connectivity index (χ0n) is 21.9. The molecule has 1 aromatic carbocycles. The van der Waals surface area contributed by atoms with Gasteiger partial charge in [0, 0.05) is 30.3 Å². The van der Waals surface area contributed by atoms with Crippen molar-refractivity contribution < 1.29 is 40.3 Å². The molecule has 0 saturated carbocycles. The van der Waals surface area contributed by atoms with Gasteiger partial charge in [-0.15, -0.1) is 5.10 Å². The summed E-state index contributed by atoms with van der Waals surface area (Å²) in [4.78, 5) is 30.2. The number of rotatable bonds is 9. The number of aryl methyl sites for hydroxylation is 1. The third-order valence-electron chi connectivity index (χ3n) is 6.17. The van der Waals surface area contributed by atoms with E-state index < -0.39 is 42.0 Å². The highest BCUT2D eigenvalue weighted by Crippen LogP contribution is 2.51. The standard InChI is InChI=1S/C25H18Cl2F7N7O2/c1-12-6-13(26)7-16(22(43)35-2)15(12)9-19(42)18-8-14(38-41(18)21-17(27)4-3-5-36-21)10-40-11-20(37-39-40)23(28,29)24(30,31)25(32,33)34/h3-8,11H,9-10H2,1-2H3,(H,35,43). The second-order valence-corrected chi connectivity index (χ2v) is 9.96. The molecule has 1 amide bonds. The van der Waals surface area contributed by atoms with Gasteiger partial charge in [-0.05, 0) is 48.4 Å². The Bertz CT molecular complexity index is 1700. The first-order chi connectivity index (χ1) is 20.0. The molecule has 9 nitrogen and oxygen atoms in total. The minimum absolute atomic E-state index is 0.0197. The van der Waals surface area contributed by atoms with Crippen molar-refractivity contribution in [1.82, 2.24) is 35.1 Å². The number of ketones is 1. The number of halogens is 9. The van der Waals surface area contributed by atoms with E-state index in [1.54, 1.807) is 13.0 Å². The molecule has 0 radical (unpaired) electrons. The van der Waals surface area contributed by atoms with Gasteiger partial charge in [-0.1, -0.05) is 28.4 Å². The fourth-order valence-corrected chi connectivity index (χ4v) is 4.50. The maximum atomic E-state index is 14.1. The van der Waals surface area contributed by atoms with Crippen LogP contribution in [0.25, 0.3) is 5.82 Å². The smallest absolute Gasteiger partial charge is 0.355 e. The predicted octanol–water partition coefficient (Wildman–Crippen LogP) is 5.60. The van der Waals surface area contributed by atoms with E-state index in [0.717, 1.165) is 4.68 Å². The van der Waals surface area contributed by atoms with Crippen LogP contribution in [-0.4, -0.2) is 60.6 Å². The van der Waals surface area contributed by atoms with E-state index in [9.17, 15) is 40.3 Å². The number of nitrogens with one attached hydrogen (secondary N) is 1. The predicted molar refractivity (Wildman–Crippen MR) is 138 cm³/mol. The zero-order chi connectivity index (χ0) is 31.9. The fourth-order valence-electron chi connectivity index (χ4n) is 4.02. The second kappa shape index (κ2) is 11.6. The Hall–Kier alpha value is -4.05. The summed E-state index contributed by atoms with van der Waals surface area (Å²) in [6, 6.07) is 7.07. The van der Waals surface area contributed by atoms with Gasteiger partial charge in [0.2, 0.25) is 0 Å². The Morgan fingerprint density at radius 3 is 2.37 bits per heavy atom. The Morgan fingerprint density at radius 2 is 1.74 bits per heavy atom. The van der Waals surface area contributed by atoms with Gasteiger partial charge in [0.25, 0.3) is 5.91 Å². The van der Waals surface area contributed by atoms with Gasteiger partial charge in [-0.3, -0.25) is 9.59 Å². The highest BCUT2D eigenvalue weighted by atomic mass is 35.5. The van der Waals surface area contributed by atoms with E-state index >= 15 is 0 Å². The third-order valence-corrected chi connectivity index (χ3v) is 6.68. The molecule has 4 rings (SSSR count). The highest BCUT2D eigenvalue weighted by molar-refractivity contribution is 6.32. The largest absolute Gasteiger partial charge is 0.460 e. The number of benzene rings is 1. The SMILES string of the molecule is CNC(=O)c1cc(Cl)cc(C)c1CC(=O)c1cc(Cn2cc(C(F)(F)C(F)(F)C(F)(F)F)nn2)nn1-c1ncccc1Cl. The highest BCUT2D eigenvalue weighted by Gasteiger charge is 2.74. The molecule has 3 heterocycles. The normalized spacial score (nSPS) is 12.4. The maximum Gasteiger partial charge on any atom is 0.460 e. The van der Waals surface area contributed by atoms with E-state index in [0.29, 0.717) is 15.8 Å². The number of nitrogens with zero attached hydrogens (tertiary/aromatic N) is 6. The van der Waals surface area contributed by atoms with Crippen LogP contribution in [0.1, 0.15) is 43.4 Å². The Kier molecular flexibility index (Phi) is 8.57. The molecule has 4 aromatic rings. The summed E-state index contributed by atoms with van der Waals surface area (Å²) in [7, 11) is 1.39. The van der Waals surface area contributed by atoms with E-state index in [1.165, 1.54) is 37.5 Å². The van der Waals surface area contributed by atoms with Crippen LogP contribution in [0.3, 0.4) is 0 Å². The minimum Gasteiger partial charge on any atom is -0.355 e. The molecule has 0 aliphatic rings. The van der Waals surface area contributed by atoms with Gasteiger partial charge < -0.3 is 5.32 Å². The third kappa shape index (κ3) is 6.06. The van der Waals surface area contributed by atoms with Gasteiger partial charge in [0.15, 0.2) is 17.3 Å². The molecule has 0 spiro atoms. The molecule has 43 heavy (non-hydrogen) atoms. The lowest BCUT2D eigenvalue weighted by Gasteiger charge is -2.26. The van der Waals surface area contributed by atoms with Crippen LogP contribution in [-0.2, 0) is 18.9 Å². The number of amides is 1. The van der Waals surface area contributed by atoms with Gasteiger partial charge in [-0.25, -0.2) is 14.3 Å². The minimum atomic E-state index is -6.56. The molecule has 0 unspecified atom stereocenters. The summed E-state index contributed by atoms with van der Waals surface area (Å²) in [5, 5.41) is 13.0. The second-order valence-electron chi connectivity index (χ2n) is 9.12. The van der Waals surface area contributed by atoms with Crippen LogP contribution in [0.15, 0.2) is 42.7 Å². The van der Waals surface area contributed by atoms with Crippen LogP contribution in [0.2, 0.25) is 10.0 Å². The molecular formula is C25H18Cl2F7N7O2. The van der Waals surface area contributed by atoms with Crippen LogP contribution < -0.4 is 5.32 Å². The monoisotopic (exact) mass is 651 g/mol. The summed E-state index contributed by atoms with van der Waals surface area (Å²) in [6.07, 6.45) is -5.35. The molecule has 0 bridgehead atoms. The first-order valence-corrected chi connectivity index (χ1v) is 12.7. The van der Waals surface area contributed by atoms with Crippen molar-refractivity contribution >= 4 is 34.9 Å². The fraction of sp³-hybridized carbons (Fsp3) is 0.280. The molecule has 0 fully saturated rings. The summed E-state index contributed by atoms with van der Waals surface area (Å²) in [5.41, 5.74) is -1.15. The summed E-state index contributed by atoms with van der Waals surface area (Å²) < 4.78 is 94.5. The maximum absolute atomic E-state index is 14.1. The summed E-state index contributed by atoms with van der Waals surface area (Å²) in [6.45, 7) is 1.06. The first-order valence-electron chi connectivity index (χ1n) is 11.9. The lowest BCUT2D eigenvalue weighted by Crippen LogP contribution is -2.50. The number of Topliss-reactive ketones (excluding diaryl/α,β-unsaturated/α-hetero) is 1. The Balaban J connectivity index is 1.73. The van der Waals surface area contributed by atoms with Crippen molar-refractivity contribution in [3.63, 3.8) is 0 Å². The molecule has 1 N–H and O–H groups in total. The lowest BCUT2D eigenvalue weighted by molar-refractivity contribution is -0.360. The number of hydrogen-bond acceptors (Lipinski definition) is 6. The first kappa shape index (κ1) is 31.9. The van der Waals surface area contributed by atoms with Crippen molar-refractivity contribution in [1.29, 1.82) is 0 Å². The van der Waals surface area contributed by atoms with Gasteiger partial charge >= 0.3 is 18.0 Å². The van der Waals surface area contributed by atoms with E-state index in [2.05, 4.69) is 25.7 Å². The topological polar surface area (TPSA) is 108 Å². The van der Waals surface area contributed by atoms with E-state index in [1.807, 2.05) is 0 Å². The van der Waals surface area contributed by atoms with Gasteiger partial charge in [-0.2, -0.15) is 35.8 Å². The molecule has 0 aliphatic heterocycles. The van der Waals surface area contributed by atoms with E-state index in [4.69, 9.17) is 23.2 Å². The molecule has 0 aliphatic carbocycles. The zero-order valence-corrected chi connectivity index (χ0v) is 23.4. The molecule has 3 aromatic heterocycles. The average molecular weight is 652 g/mol. The molecule has 228 valence electrons. The summed E-state index contributed by atoms with van der Waals surface area (Å²) >= 11 is 12.3. The number of carbonyl (C=O) groups is 2.